The molecule has 0 aliphatic rings. The van der Waals surface area contributed by atoms with Crippen LogP contribution in [0.5, 0.6) is 0 Å². The quantitative estimate of drug-likeness (QED) is 0.600. The third-order valence-electron chi connectivity index (χ3n) is 1.69. The summed E-state index contributed by atoms with van der Waals surface area (Å²) in [5, 5.41) is 0.933. The van der Waals surface area contributed by atoms with Crippen LogP contribution >= 0.6 is 23.2 Å². The van der Waals surface area contributed by atoms with Gasteiger partial charge in [-0.05, 0) is 25.1 Å². The lowest BCUT2D eigenvalue weighted by atomic mass is 10.2. The van der Waals surface area contributed by atoms with Crippen molar-refractivity contribution in [2.45, 2.75) is 13.3 Å². The van der Waals surface area contributed by atoms with Gasteiger partial charge in [0, 0.05) is 5.56 Å². The zero-order valence-electron chi connectivity index (χ0n) is 8.72. The van der Waals surface area contributed by atoms with Crippen molar-refractivity contribution in [3.8, 4) is 11.8 Å². The molecule has 1 rings (SSSR count). The van der Waals surface area contributed by atoms with Crippen molar-refractivity contribution in [3.63, 3.8) is 0 Å². The summed E-state index contributed by atoms with van der Waals surface area (Å²) in [7, 11) is 0. The molecule has 2 nitrogen and oxygen atoms in total. The van der Waals surface area contributed by atoms with E-state index in [1.54, 1.807) is 25.1 Å². The second-order valence-corrected chi connectivity index (χ2v) is 3.73. The fraction of sp³-hybridized carbons (Fsp3) is 0.250. The van der Waals surface area contributed by atoms with Crippen molar-refractivity contribution in [1.82, 2.24) is 0 Å². The summed E-state index contributed by atoms with van der Waals surface area (Å²) in [6, 6.07) is 5.06. The maximum absolute atomic E-state index is 11.0. The van der Waals surface area contributed by atoms with Crippen LogP contribution in [0.4, 0.5) is 0 Å². The molecule has 1 aromatic rings. The summed E-state index contributed by atoms with van der Waals surface area (Å²) in [5.74, 6) is 5.19. The van der Waals surface area contributed by atoms with Crippen LogP contribution in [0.15, 0.2) is 18.2 Å². The highest BCUT2D eigenvalue weighted by Gasteiger charge is 1.98. The molecule has 0 bridgehead atoms. The molecule has 1 aromatic carbocycles. The van der Waals surface area contributed by atoms with Gasteiger partial charge < -0.3 is 4.74 Å². The molecule has 0 atom stereocenters. The number of carbonyl (C=O) groups is 1. The lowest BCUT2D eigenvalue weighted by molar-refractivity contribution is -0.141. The summed E-state index contributed by atoms with van der Waals surface area (Å²) >= 11 is 11.6. The topological polar surface area (TPSA) is 26.3 Å². The van der Waals surface area contributed by atoms with Crippen LogP contribution in [-0.2, 0) is 9.53 Å². The monoisotopic (exact) mass is 256 g/mol. The van der Waals surface area contributed by atoms with Crippen molar-refractivity contribution >= 4 is 29.2 Å². The van der Waals surface area contributed by atoms with Gasteiger partial charge in [0.15, 0.2) is 0 Å². The first kappa shape index (κ1) is 12.9. The van der Waals surface area contributed by atoms with Crippen LogP contribution < -0.4 is 0 Å². The van der Waals surface area contributed by atoms with E-state index in [4.69, 9.17) is 27.9 Å². The number of ether oxygens (including phenoxy) is 1. The van der Waals surface area contributed by atoms with E-state index in [-0.39, 0.29) is 12.4 Å². The molecule has 0 radical (unpaired) electrons. The van der Waals surface area contributed by atoms with Gasteiger partial charge in [-0.15, -0.1) is 0 Å². The van der Waals surface area contributed by atoms with Gasteiger partial charge in [0.2, 0.25) is 0 Å². The zero-order valence-corrected chi connectivity index (χ0v) is 10.2. The zero-order chi connectivity index (χ0) is 12.0. The van der Waals surface area contributed by atoms with Crippen molar-refractivity contribution in [2.24, 2.45) is 0 Å². The van der Waals surface area contributed by atoms with Gasteiger partial charge in [-0.3, -0.25) is 4.79 Å². The van der Waals surface area contributed by atoms with Gasteiger partial charge >= 0.3 is 5.97 Å². The Labute approximate surface area is 105 Å². The molecule has 0 fully saturated rings. The van der Waals surface area contributed by atoms with Crippen molar-refractivity contribution in [1.29, 1.82) is 0 Å². The Morgan fingerprint density at radius 1 is 1.38 bits per heavy atom. The van der Waals surface area contributed by atoms with Crippen molar-refractivity contribution in [2.75, 3.05) is 6.61 Å². The minimum absolute atomic E-state index is 0.0775. The average molecular weight is 257 g/mol. The third-order valence-corrected chi connectivity index (χ3v) is 2.43. The molecule has 0 unspecified atom stereocenters. The molecule has 0 N–H and O–H groups in total. The Bertz CT molecular complexity index is 444. The van der Waals surface area contributed by atoms with Gasteiger partial charge in [0.1, 0.15) is 6.42 Å². The summed E-state index contributed by atoms with van der Waals surface area (Å²) < 4.78 is 4.73. The molecule has 4 heteroatoms. The Kier molecular flexibility index (Phi) is 5.18. The number of hydrogen-bond donors (Lipinski definition) is 0. The smallest absolute Gasteiger partial charge is 0.317 e. The molecule has 84 valence electrons. The van der Waals surface area contributed by atoms with Gasteiger partial charge in [-0.2, -0.15) is 0 Å². The van der Waals surface area contributed by atoms with Gasteiger partial charge in [-0.1, -0.05) is 35.0 Å². The van der Waals surface area contributed by atoms with E-state index >= 15 is 0 Å². The standard InChI is InChI=1S/C12H10Cl2O2/c1-2-16-12(15)5-3-4-9-6-7-10(13)11(14)8-9/h6-8H,2,5H2,1H3. The second kappa shape index (κ2) is 6.42. The Balaban J connectivity index is 2.63. The molecular weight excluding hydrogens is 247 g/mol. The fourth-order valence-corrected chi connectivity index (χ4v) is 1.30. The lowest BCUT2D eigenvalue weighted by Crippen LogP contribution is -2.01. The predicted molar refractivity (Wildman–Crippen MR) is 64.6 cm³/mol. The Morgan fingerprint density at radius 2 is 2.12 bits per heavy atom. The van der Waals surface area contributed by atoms with Crippen molar-refractivity contribution in [3.05, 3.63) is 33.8 Å². The molecule has 16 heavy (non-hydrogen) atoms. The summed E-state index contributed by atoms with van der Waals surface area (Å²) in [4.78, 5) is 11.0. The SMILES string of the molecule is CCOC(=O)CC#Cc1ccc(Cl)c(Cl)c1. The number of carbonyl (C=O) groups excluding carboxylic acids is 1. The minimum atomic E-state index is -0.324. The second-order valence-electron chi connectivity index (χ2n) is 2.91. The molecule has 0 aliphatic carbocycles. The minimum Gasteiger partial charge on any atom is -0.465 e. The number of benzene rings is 1. The highest BCUT2D eigenvalue weighted by atomic mass is 35.5. The number of esters is 1. The molecule has 0 spiro atoms. The normalized spacial score (nSPS) is 9.19. The first-order chi connectivity index (χ1) is 7.63. The Morgan fingerprint density at radius 3 is 2.75 bits per heavy atom. The summed E-state index contributed by atoms with van der Waals surface area (Å²) in [6.07, 6.45) is 0.0775. The molecule has 0 aromatic heterocycles. The molecule has 0 heterocycles. The average Bonchev–Trinajstić information content (AvgIpc) is 2.24. The third kappa shape index (κ3) is 4.14. The predicted octanol–water partition coefficient (Wildman–Crippen LogP) is 3.30. The van der Waals surface area contributed by atoms with Crippen LogP contribution in [0, 0.1) is 11.8 Å². The van der Waals surface area contributed by atoms with Crippen LogP contribution in [0.1, 0.15) is 18.9 Å². The number of halogens is 2. The first-order valence-corrected chi connectivity index (χ1v) is 5.48. The molecular formula is C12H10Cl2O2. The largest absolute Gasteiger partial charge is 0.465 e. The first-order valence-electron chi connectivity index (χ1n) is 4.73. The Hall–Kier alpha value is -1.17. The maximum Gasteiger partial charge on any atom is 0.317 e. The summed E-state index contributed by atoms with van der Waals surface area (Å²) in [5.41, 5.74) is 0.721. The van der Waals surface area contributed by atoms with E-state index in [1.807, 2.05) is 0 Å². The number of rotatable bonds is 2. The maximum atomic E-state index is 11.0. The van der Waals surface area contributed by atoms with Crippen molar-refractivity contribution < 1.29 is 9.53 Å². The molecule has 0 aliphatic heterocycles. The highest BCUT2D eigenvalue weighted by molar-refractivity contribution is 6.42. The van der Waals surface area contributed by atoms with E-state index in [0.29, 0.717) is 16.7 Å². The molecule has 0 saturated carbocycles. The van der Waals surface area contributed by atoms with Crippen LogP contribution in [0.25, 0.3) is 0 Å². The van der Waals surface area contributed by atoms with Crippen LogP contribution in [-0.4, -0.2) is 12.6 Å². The van der Waals surface area contributed by atoms with E-state index < -0.39 is 0 Å². The summed E-state index contributed by atoms with van der Waals surface area (Å²) in [6.45, 7) is 2.12. The van der Waals surface area contributed by atoms with Crippen LogP contribution in [0.3, 0.4) is 0 Å². The van der Waals surface area contributed by atoms with Gasteiger partial charge in [0.05, 0.1) is 16.7 Å². The molecule has 0 amide bonds. The van der Waals surface area contributed by atoms with E-state index in [2.05, 4.69) is 11.8 Å². The molecule has 0 saturated heterocycles. The fourth-order valence-electron chi connectivity index (χ4n) is 1.00. The van der Waals surface area contributed by atoms with E-state index in [1.165, 1.54) is 0 Å². The number of hydrogen-bond acceptors (Lipinski definition) is 2. The lowest BCUT2D eigenvalue weighted by Gasteiger charge is -1.96. The van der Waals surface area contributed by atoms with E-state index in [0.717, 1.165) is 5.56 Å². The van der Waals surface area contributed by atoms with Crippen LogP contribution in [0.2, 0.25) is 10.0 Å². The van der Waals surface area contributed by atoms with E-state index in [9.17, 15) is 4.79 Å². The highest BCUT2D eigenvalue weighted by Crippen LogP contribution is 2.21. The van der Waals surface area contributed by atoms with Gasteiger partial charge in [0.25, 0.3) is 0 Å². The van der Waals surface area contributed by atoms with Gasteiger partial charge in [-0.25, -0.2) is 0 Å².